The molecule has 15 heavy (non-hydrogen) atoms. The van der Waals surface area contributed by atoms with Crippen LogP contribution in [0, 0.1) is 6.92 Å². The zero-order valence-corrected chi connectivity index (χ0v) is 9.46. The van der Waals surface area contributed by atoms with Crippen LogP contribution >= 0.6 is 0 Å². The van der Waals surface area contributed by atoms with Crippen LogP contribution in [0.5, 0.6) is 0 Å². The van der Waals surface area contributed by atoms with E-state index in [9.17, 15) is 4.79 Å². The summed E-state index contributed by atoms with van der Waals surface area (Å²) in [6, 6.07) is 1.95. The third kappa shape index (κ3) is 1.56. The maximum Gasteiger partial charge on any atom is 0.276 e. The molecule has 0 aliphatic carbocycles. The topological polar surface area (TPSA) is 50.7 Å². The summed E-state index contributed by atoms with van der Waals surface area (Å²) in [4.78, 5) is 18.5. The largest absolute Gasteiger partial charge is 0.325 e. The fourth-order valence-corrected chi connectivity index (χ4v) is 1.68. The third-order valence-corrected chi connectivity index (χ3v) is 2.41. The van der Waals surface area contributed by atoms with Gasteiger partial charge in [0.25, 0.3) is 5.56 Å². The van der Waals surface area contributed by atoms with Crippen LogP contribution in [0.1, 0.15) is 26.5 Å². The summed E-state index contributed by atoms with van der Waals surface area (Å²) in [5.74, 6) is 0. The van der Waals surface area contributed by atoms with Gasteiger partial charge in [-0.05, 0) is 33.8 Å². The van der Waals surface area contributed by atoms with Crippen LogP contribution in [0.25, 0.3) is 11.0 Å². The van der Waals surface area contributed by atoms with E-state index in [4.69, 9.17) is 0 Å². The zero-order valence-electron chi connectivity index (χ0n) is 9.46. The number of nitrogens with zero attached hydrogens (tertiary/aromatic N) is 2. The molecule has 0 saturated heterocycles. The van der Waals surface area contributed by atoms with Gasteiger partial charge in [0.15, 0.2) is 5.52 Å². The fraction of sp³-hybridized carbons (Fsp3) is 0.455. The van der Waals surface area contributed by atoms with Crippen molar-refractivity contribution in [3.63, 3.8) is 0 Å². The molecule has 0 radical (unpaired) electrons. The lowest BCUT2D eigenvalue weighted by atomic mass is 10.1. The maximum absolute atomic E-state index is 11.6. The number of fused-ring (bicyclic) bond motifs is 1. The van der Waals surface area contributed by atoms with Crippen LogP contribution in [0.4, 0.5) is 0 Å². The predicted molar refractivity (Wildman–Crippen MR) is 60.1 cm³/mol. The van der Waals surface area contributed by atoms with Crippen molar-refractivity contribution >= 4 is 11.0 Å². The van der Waals surface area contributed by atoms with Crippen molar-refractivity contribution in [2.45, 2.75) is 33.2 Å². The van der Waals surface area contributed by atoms with Crippen molar-refractivity contribution in [2.24, 2.45) is 0 Å². The van der Waals surface area contributed by atoms with Gasteiger partial charge in [-0.25, -0.2) is 4.98 Å². The smallest absolute Gasteiger partial charge is 0.276 e. The minimum Gasteiger partial charge on any atom is -0.325 e. The Morgan fingerprint density at radius 2 is 2.07 bits per heavy atom. The molecular weight excluding hydrogens is 190 g/mol. The Kier molecular flexibility index (Phi) is 1.96. The van der Waals surface area contributed by atoms with E-state index in [0.29, 0.717) is 5.52 Å². The van der Waals surface area contributed by atoms with Crippen LogP contribution in [-0.2, 0) is 5.54 Å². The average molecular weight is 205 g/mol. The van der Waals surface area contributed by atoms with Gasteiger partial charge in [0.05, 0.1) is 11.8 Å². The molecule has 0 unspecified atom stereocenters. The highest BCUT2D eigenvalue weighted by molar-refractivity contribution is 5.74. The van der Waals surface area contributed by atoms with Crippen LogP contribution in [0.3, 0.4) is 0 Å². The first kappa shape index (κ1) is 9.96. The maximum atomic E-state index is 11.6. The Hall–Kier alpha value is -1.58. The Morgan fingerprint density at radius 3 is 2.67 bits per heavy atom. The minimum absolute atomic E-state index is 0.0605. The number of aryl methyl sites for hydroxylation is 1. The molecule has 1 N–H and O–H groups in total. The SMILES string of the molecule is Cc1cc2c(ncn2C(C)(C)C)c(=O)[nH]1. The Labute approximate surface area is 88.0 Å². The third-order valence-electron chi connectivity index (χ3n) is 2.41. The summed E-state index contributed by atoms with van der Waals surface area (Å²) in [5, 5.41) is 0. The standard InChI is InChI=1S/C11H15N3O/c1-7-5-8-9(10(15)13-7)12-6-14(8)11(2,3)4/h5-6H,1-4H3,(H,13,15). The zero-order chi connectivity index (χ0) is 11.2. The van der Waals surface area contributed by atoms with Gasteiger partial charge in [0, 0.05) is 11.2 Å². The molecule has 2 rings (SSSR count). The number of imidazole rings is 1. The summed E-state index contributed by atoms with van der Waals surface area (Å²) < 4.78 is 2.02. The number of hydrogen-bond acceptors (Lipinski definition) is 2. The van der Waals surface area contributed by atoms with Crippen molar-refractivity contribution in [1.29, 1.82) is 0 Å². The van der Waals surface area contributed by atoms with Gasteiger partial charge in [-0.2, -0.15) is 0 Å². The number of aromatic nitrogens is 3. The highest BCUT2D eigenvalue weighted by Crippen LogP contribution is 2.19. The van der Waals surface area contributed by atoms with E-state index >= 15 is 0 Å². The molecule has 0 spiro atoms. The minimum atomic E-state index is -0.118. The van der Waals surface area contributed by atoms with Crippen LogP contribution in [-0.4, -0.2) is 14.5 Å². The van der Waals surface area contributed by atoms with Gasteiger partial charge in [0.2, 0.25) is 0 Å². The molecule has 2 heterocycles. The second-order valence-corrected chi connectivity index (χ2v) is 4.80. The van der Waals surface area contributed by atoms with Gasteiger partial charge in [-0.15, -0.1) is 0 Å². The molecule has 0 aliphatic rings. The van der Waals surface area contributed by atoms with E-state index in [0.717, 1.165) is 11.2 Å². The summed E-state index contributed by atoms with van der Waals surface area (Å²) in [6.07, 6.45) is 1.72. The van der Waals surface area contributed by atoms with E-state index in [-0.39, 0.29) is 11.1 Å². The van der Waals surface area contributed by atoms with Gasteiger partial charge < -0.3 is 9.55 Å². The first-order valence-electron chi connectivity index (χ1n) is 4.97. The highest BCUT2D eigenvalue weighted by Gasteiger charge is 2.17. The van der Waals surface area contributed by atoms with Crippen molar-refractivity contribution in [2.75, 3.05) is 0 Å². The molecule has 0 amide bonds. The quantitative estimate of drug-likeness (QED) is 0.712. The fourth-order valence-electron chi connectivity index (χ4n) is 1.68. The molecule has 4 heteroatoms. The van der Waals surface area contributed by atoms with Crippen LogP contribution in [0.15, 0.2) is 17.2 Å². The lowest BCUT2D eigenvalue weighted by Gasteiger charge is -2.21. The highest BCUT2D eigenvalue weighted by atomic mass is 16.1. The van der Waals surface area contributed by atoms with Crippen molar-refractivity contribution in [3.05, 3.63) is 28.4 Å². The first-order valence-corrected chi connectivity index (χ1v) is 4.97. The van der Waals surface area contributed by atoms with Crippen molar-refractivity contribution in [1.82, 2.24) is 14.5 Å². The number of pyridine rings is 1. The van der Waals surface area contributed by atoms with E-state index in [1.165, 1.54) is 0 Å². The van der Waals surface area contributed by atoms with E-state index in [1.807, 2.05) is 17.6 Å². The number of aromatic amines is 1. The van der Waals surface area contributed by atoms with Gasteiger partial charge >= 0.3 is 0 Å². The van der Waals surface area contributed by atoms with Crippen molar-refractivity contribution < 1.29 is 0 Å². The molecule has 0 atom stereocenters. The van der Waals surface area contributed by atoms with Gasteiger partial charge in [0.1, 0.15) is 0 Å². The summed E-state index contributed by atoms with van der Waals surface area (Å²) in [6.45, 7) is 8.14. The lowest BCUT2D eigenvalue weighted by Crippen LogP contribution is -2.21. The second-order valence-electron chi connectivity index (χ2n) is 4.80. The molecule has 0 bridgehead atoms. The molecule has 0 fully saturated rings. The van der Waals surface area contributed by atoms with E-state index < -0.39 is 0 Å². The normalized spacial score (nSPS) is 12.3. The summed E-state index contributed by atoms with van der Waals surface area (Å²) >= 11 is 0. The van der Waals surface area contributed by atoms with Crippen LogP contribution < -0.4 is 5.56 Å². The summed E-state index contributed by atoms with van der Waals surface area (Å²) in [7, 11) is 0. The molecular formula is C11H15N3O. The average Bonchev–Trinajstić information content (AvgIpc) is 2.45. The van der Waals surface area contributed by atoms with Crippen molar-refractivity contribution in [3.8, 4) is 0 Å². The number of nitrogens with one attached hydrogen (secondary N) is 1. The van der Waals surface area contributed by atoms with Gasteiger partial charge in [-0.3, -0.25) is 4.79 Å². The van der Waals surface area contributed by atoms with Crippen LogP contribution in [0.2, 0.25) is 0 Å². The molecule has 0 aliphatic heterocycles. The first-order chi connectivity index (χ1) is 6.89. The summed E-state index contributed by atoms with van der Waals surface area (Å²) in [5.41, 5.74) is 2.08. The monoisotopic (exact) mass is 205 g/mol. The van der Waals surface area contributed by atoms with Gasteiger partial charge in [-0.1, -0.05) is 0 Å². The number of H-pyrrole nitrogens is 1. The number of hydrogen-bond donors (Lipinski definition) is 1. The van der Waals surface area contributed by atoms with E-state index in [1.54, 1.807) is 6.33 Å². The van der Waals surface area contributed by atoms with E-state index in [2.05, 4.69) is 30.7 Å². The molecule has 4 nitrogen and oxygen atoms in total. The molecule has 0 saturated carbocycles. The molecule has 2 aromatic rings. The molecule has 0 aromatic carbocycles. The Bertz CT molecular complexity index is 557. The number of rotatable bonds is 0. The molecule has 2 aromatic heterocycles. The molecule has 80 valence electrons. The lowest BCUT2D eigenvalue weighted by molar-refractivity contribution is 0.408. The predicted octanol–water partition coefficient (Wildman–Crippen LogP) is 1.79. The Balaban J connectivity index is 2.86. The Morgan fingerprint density at radius 1 is 1.40 bits per heavy atom. The second kappa shape index (κ2) is 2.95.